The molecular weight excluding hydrogens is 881 g/mol. The summed E-state index contributed by atoms with van der Waals surface area (Å²) in [4.78, 5) is 25.6. The summed E-state index contributed by atoms with van der Waals surface area (Å²) in [6, 6.07) is 26.4. The van der Waals surface area contributed by atoms with Gasteiger partial charge in [0.2, 0.25) is 23.5 Å². The van der Waals surface area contributed by atoms with Crippen molar-refractivity contribution < 1.29 is 58.4 Å². The zero-order valence-electron chi connectivity index (χ0n) is 39.7. The van der Waals surface area contributed by atoms with Crippen LogP contribution in [0, 0.1) is 19.3 Å². The molecule has 0 bridgehead atoms. The van der Waals surface area contributed by atoms with Crippen molar-refractivity contribution in [3.63, 3.8) is 0 Å². The Morgan fingerprint density at radius 2 is 1.07 bits per heavy atom. The van der Waals surface area contributed by atoms with E-state index in [2.05, 4.69) is 6.92 Å². The van der Waals surface area contributed by atoms with Gasteiger partial charge in [0.15, 0.2) is 0 Å². The molecule has 3 heterocycles. The number of carbonyl (C=O) groups excluding carboxylic acids is 2. The van der Waals surface area contributed by atoms with E-state index in [4.69, 9.17) is 28.4 Å². The number of benzene rings is 4. The van der Waals surface area contributed by atoms with Crippen LogP contribution in [-0.4, -0.2) is 81.1 Å². The molecule has 14 heteroatoms. The first kappa shape index (κ1) is 49.7. The van der Waals surface area contributed by atoms with E-state index in [9.17, 15) is 30.0 Å². The monoisotopic (exact) mass is 942 g/mol. The molecule has 69 heavy (non-hydrogen) atoms. The summed E-state index contributed by atoms with van der Waals surface area (Å²) in [6.45, 7) is 11.8. The lowest BCUT2D eigenvalue weighted by Gasteiger charge is -2.40. The van der Waals surface area contributed by atoms with Crippen molar-refractivity contribution in [1.82, 2.24) is 9.13 Å². The predicted octanol–water partition coefficient (Wildman–Crippen LogP) is 11.2. The Kier molecular flexibility index (Phi) is 16.7. The molecule has 364 valence electrons. The van der Waals surface area contributed by atoms with Gasteiger partial charge >= 0.3 is 11.9 Å². The van der Waals surface area contributed by atoms with Crippen LogP contribution in [0.25, 0.3) is 28.6 Å². The summed E-state index contributed by atoms with van der Waals surface area (Å²) in [5.41, 5.74) is 2.69. The van der Waals surface area contributed by atoms with Gasteiger partial charge in [0.25, 0.3) is 0 Å². The van der Waals surface area contributed by atoms with Gasteiger partial charge in [-0.05, 0) is 136 Å². The Hall–Kier alpha value is -7.16. The quantitative estimate of drug-likeness (QED) is 0.0195. The highest BCUT2D eigenvalue weighted by Gasteiger charge is 2.37. The van der Waals surface area contributed by atoms with Gasteiger partial charge in [-0.1, -0.05) is 51.7 Å². The highest BCUT2D eigenvalue weighted by molar-refractivity contribution is 5.91. The molecule has 0 atom stereocenters. The number of hydrogen-bond acceptors (Lipinski definition) is 12. The van der Waals surface area contributed by atoms with Gasteiger partial charge in [0, 0.05) is 29.2 Å². The number of rotatable bonds is 24. The van der Waals surface area contributed by atoms with Crippen LogP contribution in [-0.2, 0) is 14.3 Å². The van der Waals surface area contributed by atoms with E-state index in [1.54, 1.807) is 68.5 Å². The van der Waals surface area contributed by atoms with Crippen LogP contribution in [0.5, 0.6) is 46.5 Å². The molecule has 14 nitrogen and oxygen atoms in total. The number of carbonyl (C=O) groups is 2. The first-order valence-corrected chi connectivity index (χ1v) is 23.6. The number of nitrogens with zero attached hydrogens (tertiary/aromatic N) is 2. The van der Waals surface area contributed by atoms with E-state index in [-0.39, 0.29) is 50.9 Å². The second-order valence-electron chi connectivity index (χ2n) is 17.4. The van der Waals surface area contributed by atoms with Gasteiger partial charge in [-0.2, -0.15) is 0 Å². The third-order valence-corrected chi connectivity index (χ3v) is 12.4. The minimum atomic E-state index is -0.599. The first-order valence-electron chi connectivity index (χ1n) is 23.6. The Morgan fingerprint density at radius 1 is 0.594 bits per heavy atom. The molecule has 2 aromatic heterocycles. The molecule has 6 aromatic rings. The molecule has 1 aliphatic rings. The standard InChI is InChI=1S/C55H62N2O12/c1-5-31-66-43-22-13-39(14-23-43)15-30-47(58)68-45-26-18-41(19-27-45)56-50(59)37(3)48(52(56)61)49-38(4)51(60)57(53(49)62)42-20-28-46(29-21-42)69-54(63)40-16-24-44(25-17-40)67-33-12-10-8-7-9-11-32-64-34-55(6-2)35-65-36-55/h13-30,59-62H,5-12,31-36H2,1-4H3. The van der Waals surface area contributed by atoms with E-state index < -0.39 is 23.7 Å². The number of unbranched alkanes of at least 4 members (excludes halogenated alkanes) is 5. The summed E-state index contributed by atoms with van der Waals surface area (Å²) in [6.07, 6.45) is 11.5. The highest BCUT2D eigenvalue weighted by Crippen LogP contribution is 2.51. The van der Waals surface area contributed by atoms with Gasteiger partial charge in [-0.3, -0.25) is 9.13 Å². The molecular formula is C55H62N2O12. The maximum Gasteiger partial charge on any atom is 0.343 e. The molecule has 0 saturated carbocycles. The lowest BCUT2D eigenvalue weighted by molar-refractivity contribution is -0.150. The Bertz CT molecular complexity index is 2670. The molecule has 0 aliphatic carbocycles. The van der Waals surface area contributed by atoms with Crippen LogP contribution < -0.4 is 18.9 Å². The number of hydrogen-bond donors (Lipinski definition) is 4. The average molecular weight is 943 g/mol. The van der Waals surface area contributed by atoms with Crippen LogP contribution in [0.15, 0.2) is 103 Å². The summed E-state index contributed by atoms with van der Waals surface area (Å²) in [5, 5.41) is 45.7. The largest absolute Gasteiger partial charge is 0.494 e. The van der Waals surface area contributed by atoms with Crippen molar-refractivity contribution in [2.75, 3.05) is 39.6 Å². The van der Waals surface area contributed by atoms with Crippen molar-refractivity contribution in [2.24, 2.45) is 5.41 Å². The van der Waals surface area contributed by atoms with Crippen molar-refractivity contribution in [3.05, 3.63) is 125 Å². The molecule has 4 aromatic carbocycles. The summed E-state index contributed by atoms with van der Waals surface area (Å²) in [5.74, 6) is -0.706. The van der Waals surface area contributed by atoms with E-state index >= 15 is 0 Å². The molecule has 0 radical (unpaired) electrons. The normalized spacial score (nSPS) is 13.0. The zero-order chi connectivity index (χ0) is 48.9. The summed E-state index contributed by atoms with van der Waals surface area (Å²) in [7, 11) is 0. The van der Waals surface area contributed by atoms with Crippen LogP contribution >= 0.6 is 0 Å². The molecule has 1 fully saturated rings. The highest BCUT2D eigenvalue weighted by atomic mass is 16.5. The summed E-state index contributed by atoms with van der Waals surface area (Å²) < 4.78 is 36.2. The Morgan fingerprint density at radius 3 is 1.58 bits per heavy atom. The fourth-order valence-corrected chi connectivity index (χ4v) is 8.07. The molecule has 0 amide bonds. The Balaban J connectivity index is 0.900. The molecule has 7 rings (SSSR count). The lowest BCUT2D eigenvalue weighted by atomic mass is 9.84. The van der Waals surface area contributed by atoms with E-state index in [1.165, 1.54) is 45.9 Å². The van der Waals surface area contributed by atoms with Gasteiger partial charge in [-0.15, -0.1) is 0 Å². The van der Waals surface area contributed by atoms with Crippen molar-refractivity contribution in [2.45, 2.75) is 79.1 Å². The fraction of sp³-hybridized carbons (Fsp3) is 0.345. The number of esters is 2. The fourth-order valence-electron chi connectivity index (χ4n) is 8.07. The maximum atomic E-state index is 13.0. The third kappa shape index (κ3) is 12.1. The minimum absolute atomic E-state index is 0.0906. The molecule has 1 saturated heterocycles. The van der Waals surface area contributed by atoms with Crippen LogP contribution in [0.4, 0.5) is 0 Å². The summed E-state index contributed by atoms with van der Waals surface area (Å²) >= 11 is 0. The molecule has 0 spiro atoms. The second kappa shape index (κ2) is 23.2. The SMILES string of the molecule is CCCOc1ccc(C=CC(=O)Oc2ccc(-n3c(O)c(C)c(-c4c(C)c(O)n(-c5ccc(OC(=O)c6ccc(OCCCCCCCCOCC7(CC)COC7)cc6)cc5)c4O)c3O)cc2)cc1. The first-order chi connectivity index (χ1) is 33.4. The van der Waals surface area contributed by atoms with Gasteiger partial charge in [0.1, 0.15) is 23.0 Å². The van der Waals surface area contributed by atoms with Crippen molar-refractivity contribution >= 4 is 18.0 Å². The number of aromatic nitrogens is 2. The smallest absolute Gasteiger partial charge is 0.343 e. The molecule has 4 N–H and O–H groups in total. The van der Waals surface area contributed by atoms with Crippen molar-refractivity contribution in [3.8, 4) is 69.0 Å². The van der Waals surface area contributed by atoms with E-state index in [1.807, 2.05) is 31.2 Å². The second-order valence-corrected chi connectivity index (χ2v) is 17.4. The maximum absolute atomic E-state index is 13.0. The molecule has 1 aliphatic heterocycles. The predicted molar refractivity (Wildman–Crippen MR) is 263 cm³/mol. The van der Waals surface area contributed by atoms with E-state index in [0.29, 0.717) is 35.9 Å². The lowest BCUT2D eigenvalue weighted by Crippen LogP contribution is -2.45. The number of ether oxygens (including phenoxy) is 6. The van der Waals surface area contributed by atoms with Gasteiger partial charge in [0.05, 0.1) is 61.1 Å². The van der Waals surface area contributed by atoms with Gasteiger partial charge < -0.3 is 48.8 Å². The van der Waals surface area contributed by atoms with Crippen LogP contribution in [0.1, 0.15) is 92.3 Å². The van der Waals surface area contributed by atoms with Crippen molar-refractivity contribution in [1.29, 1.82) is 0 Å². The Labute approximate surface area is 402 Å². The average Bonchev–Trinajstić information content (AvgIpc) is 3.70. The topological polar surface area (TPSA) is 180 Å². The van der Waals surface area contributed by atoms with Gasteiger partial charge in [-0.25, -0.2) is 9.59 Å². The number of aromatic hydroxyl groups is 4. The van der Waals surface area contributed by atoms with Crippen LogP contribution in [0.2, 0.25) is 0 Å². The minimum Gasteiger partial charge on any atom is -0.494 e. The molecule has 0 unspecified atom stereocenters. The zero-order valence-corrected chi connectivity index (χ0v) is 39.7. The van der Waals surface area contributed by atoms with Crippen LogP contribution in [0.3, 0.4) is 0 Å². The third-order valence-electron chi connectivity index (χ3n) is 12.4. The van der Waals surface area contributed by atoms with E-state index in [0.717, 1.165) is 82.7 Å².